The molecule has 0 atom stereocenters. The van der Waals surface area contributed by atoms with Gasteiger partial charge < -0.3 is 9.88 Å². The summed E-state index contributed by atoms with van der Waals surface area (Å²) in [7, 11) is 0. The van der Waals surface area contributed by atoms with Gasteiger partial charge in [-0.15, -0.1) is 6.58 Å². The standard InChI is InChI=1S/C15H16N4OS/c1-2-10-19-13-7-4-3-6-12(13)18-15(19)21-11-14(20)17-9-5-8-16/h2-4,6-7H,1,5,9-11H2,(H,17,20). The molecule has 2 rings (SSSR count). The van der Waals surface area contributed by atoms with E-state index in [1.165, 1.54) is 11.8 Å². The van der Waals surface area contributed by atoms with Crippen LogP contribution < -0.4 is 5.32 Å². The van der Waals surface area contributed by atoms with Gasteiger partial charge in [-0.2, -0.15) is 5.26 Å². The largest absolute Gasteiger partial charge is 0.354 e. The molecule has 1 N–H and O–H groups in total. The van der Waals surface area contributed by atoms with Gasteiger partial charge >= 0.3 is 0 Å². The van der Waals surface area contributed by atoms with Crippen LogP contribution in [0.2, 0.25) is 0 Å². The van der Waals surface area contributed by atoms with E-state index in [-0.39, 0.29) is 11.7 Å². The SMILES string of the molecule is C=CCn1c(SCC(=O)NCCC#N)nc2ccccc21. The second-order valence-corrected chi connectivity index (χ2v) is 5.27. The average Bonchev–Trinajstić information content (AvgIpc) is 2.84. The smallest absolute Gasteiger partial charge is 0.230 e. The predicted molar refractivity (Wildman–Crippen MR) is 83.9 cm³/mol. The maximum absolute atomic E-state index is 11.7. The number of allylic oxidation sites excluding steroid dienone is 1. The molecule has 0 aliphatic heterocycles. The number of nitriles is 1. The summed E-state index contributed by atoms with van der Waals surface area (Å²) in [5.41, 5.74) is 1.94. The highest BCUT2D eigenvalue weighted by Gasteiger charge is 2.11. The van der Waals surface area contributed by atoms with Gasteiger partial charge in [-0.05, 0) is 12.1 Å². The average molecular weight is 300 g/mol. The molecule has 0 bridgehead atoms. The minimum atomic E-state index is -0.0903. The highest BCUT2D eigenvalue weighted by molar-refractivity contribution is 7.99. The Morgan fingerprint density at radius 1 is 1.52 bits per heavy atom. The first-order chi connectivity index (χ1) is 10.3. The van der Waals surface area contributed by atoms with Crippen molar-refractivity contribution in [3.63, 3.8) is 0 Å². The fourth-order valence-electron chi connectivity index (χ4n) is 1.91. The van der Waals surface area contributed by atoms with Gasteiger partial charge in [0.25, 0.3) is 0 Å². The third-order valence-corrected chi connectivity index (χ3v) is 3.80. The summed E-state index contributed by atoms with van der Waals surface area (Å²) in [6.07, 6.45) is 2.14. The summed E-state index contributed by atoms with van der Waals surface area (Å²) in [5, 5.41) is 11.9. The van der Waals surface area contributed by atoms with Gasteiger partial charge in [0, 0.05) is 13.1 Å². The van der Waals surface area contributed by atoms with Gasteiger partial charge in [0.05, 0.1) is 29.3 Å². The minimum absolute atomic E-state index is 0.0903. The molecule has 21 heavy (non-hydrogen) atoms. The number of nitrogens with one attached hydrogen (secondary N) is 1. The fraction of sp³-hybridized carbons (Fsp3) is 0.267. The second kappa shape index (κ2) is 7.50. The Kier molecular flexibility index (Phi) is 5.41. The van der Waals surface area contributed by atoms with Crippen LogP contribution in [0.4, 0.5) is 0 Å². The lowest BCUT2D eigenvalue weighted by Crippen LogP contribution is -2.26. The molecule has 0 fully saturated rings. The third kappa shape index (κ3) is 3.86. The van der Waals surface area contributed by atoms with Crippen LogP contribution in [0.1, 0.15) is 6.42 Å². The Bertz CT molecular complexity index is 687. The van der Waals surface area contributed by atoms with Gasteiger partial charge in [-0.3, -0.25) is 4.79 Å². The van der Waals surface area contributed by atoms with Crippen LogP contribution in [0.15, 0.2) is 42.1 Å². The number of thioether (sulfide) groups is 1. The summed E-state index contributed by atoms with van der Waals surface area (Å²) in [6, 6.07) is 9.85. The quantitative estimate of drug-likeness (QED) is 0.484. The van der Waals surface area contributed by atoms with E-state index in [1.807, 2.05) is 41.0 Å². The van der Waals surface area contributed by atoms with Crippen molar-refractivity contribution < 1.29 is 4.79 Å². The van der Waals surface area contributed by atoms with E-state index in [2.05, 4.69) is 16.9 Å². The molecule has 6 heteroatoms. The summed E-state index contributed by atoms with van der Waals surface area (Å²) in [4.78, 5) is 16.2. The first-order valence-corrected chi connectivity index (χ1v) is 7.57. The number of benzene rings is 1. The number of aromatic nitrogens is 2. The molecular formula is C15H16N4OS. The zero-order valence-electron chi connectivity index (χ0n) is 11.6. The lowest BCUT2D eigenvalue weighted by molar-refractivity contribution is -0.118. The maximum Gasteiger partial charge on any atom is 0.230 e. The molecule has 0 aliphatic carbocycles. The summed E-state index contributed by atoms with van der Waals surface area (Å²) in [5.74, 6) is 0.193. The van der Waals surface area contributed by atoms with Crippen LogP contribution in [0.5, 0.6) is 0 Å². The van der Waals surface area contributed by atoms with Crippen molar-refractivity contribution in [1.82, 2.24) is 14.9 Å². The summed E-state index contributed by atoms with van der Waals surface area (Å²) >= 11 is 1.39. The number of hydrogen-bond donors (Lipinski definition) is 1. The maximum atomic E-state index is 11.7. The van der Waals surface area contributed by atoms with Crippen molar-refractivity contribution in [2.24, 2.45) is 0 Å². The normalized spacial score (nSPS) is 10.2. The van der Waals surface area contributed by atoms with E-state index in [9.17, 15) is 4.79 Å². The number of rotatable bonds is 7. The number of para-hydroxylation sites is 2. The summed E-state index contributed by atoms with van der Waals surface area (Å²) < 4.78 is 2.04. The Hall–Kier alpha value is -2.26. The van der Waals surface area contributed by atoms with Gasteiger partial charge in [0.1, 0.15) is 0 Å². The Morgan fingerprint density at radius 3 is 3.10 bits per heavy atom. The zero-order chi connectivity index (χ0) is 15.1. The highest BCUT2D eigenvalue weighted by Crippen LogP contribution is 2.23. The van der Waals surface area contributed by atoms with E-state index in [0.29, 0.717) is 19.5 Å². The predicted octanol–water partition coefficient (Wildman–Crippen LogP) is 2.34. The third-order valence-electron chi connectivity index (χ3n) is 2.82. The lowest BCUT2D eigenvalue weighted by Gasteiger charge is -2.06. The van der Waals surface area contributed by atoms with Gasteiger partial charge in [0.15, 0.2) is 5.16 Å². The van der Waals surface area contributed by atoms with E-state index in [4.69, 9.17) is 5.26 Å². The molecule has 1 amide bonds. The number of nitrogens with zero attached hydrogens (tertiary/aromatic N) is 3. The van der Waals surface area contributed by atoms with Gasteiger partial charge in [-0.1, -0.05) is 30.0 Å². The van der Waals surface area contributed by atoms with Crippen molar-refractivity contribution in [1.29, 1.82) is 5.26 Å². The van der Waals surface area contributed by atoms with Crippen LogP contribution in [0, 0.1) is 11.3 Å². The number of hydrogen-bond acceptors (Lipinski definition) is 4. The topological polar surface area (TPSA) is 70.7 Å². The molecule has 0 aliphatic rings. The molecule has 2 aromatic rings. The molecule has 5 nitrogen and oxygen atoms in total. The van der Waals surface area contributed by atoms with Crippen molar-refractivity contribution in [3.05, 3.63) is 36.9 Å². The fourth-order valence-corrected chi connectivity index (χ4v) is 2.76. The molecular weight excluding hydrogens is 284 g/mol. The monoisotopic (exact) mass is 300 g/mol. The minimum Gasteiger partial charge on any atom is -0.354 e. The van der Waals surface area contributed by atoms with Crippen molar-refractivity contribution >= 4 is 28.7 Å². The van der Waals surface area contributed by atoms with Crippen molar-refractivity contribution in [2.45, 2.75) is 18.1 Å². The Morgan fingerprint density at radius 2 is 2.33 bits per heavy atom. The first kappa shape index (κ1) is 15.1. The number of imidazole rings is 1. The second-order valence-electron chi connectivity index (χ2n) is 4.33. The lowest BCUT2D eigenvalue weighted by atomic mass is 10.3. The summed E-state index contributed by atoms with van der Waals surface area (Å²) in [6.45, 7) is 4.80. The zero-order valence-corrected chi connectivity index (χ0v) is 12.4. The van der Waals surface area contributed by atoms with Gasteiger partial charge in [0.2, 0.25) is 5.91 Å². The molecule has 1 aromatic heterocycles. The molecule has 0 saturated heterocycles. The molecule has 0 radical (unpaired) electrons. The molecule has 0 unspecified atom stereocenters. The number of amides is 1. The van der Waals surface area contributed by atoms with Crippen LogP contribution in [-0.4, -0.2) is 27.8 Å². The molecule has 1 heterocycles. The molecule has 0 saturated carbocycles. The number of carbonyl (C=O) groups excluding carboxylic acids is 1. The van der Waals surface area contributed by atoms with Crippen molar-refractivity contribution in [2.75, 3.05) is 12.3 Å². The Labute approximate surface area is 127 Å². The van der Waals surface area contributed by atoms with E-state index in [1.54, 1.807) is 0 Å². The molecule has 1 aromatic carbocycles. The molecule has 0 spiro atoms. The van der Waals surface area contributed by atoms with Crippen molar-refractivity contribution in [3.8, 4) is 6.07 Å². The highest BCUT2D eigenvalue weighted by atomic mass is 32.2. The van der Waals surface area contributed by atoms with Crippen LogP contribution in [0.25, 0.3) is 11.0 Å². The van der Waals surface area contributed by atoms with E-state index in [0.717, 1.165) is 16.2 Å². The van der Waals surface area contributed by atoms with Crippen LogP contribution in [0.3, 0.4) is 0 Å². The van der Waals surface area contributed by atoms with E-state index < -0.39 is 0 Å². The number of fused-ring (bicyclic) bond motifs is 1. The first-order valence-electron chi connectivity index (χ1n) is 6.59. The molecule has 108 valence electrons. The van der Waals surface area contributed by atoms with Crippen LogP contribution in [-0.2, 0) is 11.3 Å². The number of carbonyl (C=O) groups is 1. The van der Waals surface area contributed by atoms with Gasteiger partial charge in [-0.25, -0.2) is 4.98 Å². The Balaban J connectivity index is 2.07. The van der Waals surface area contributed by atoms with Crippen LogP contribution >= 0.6 is 11.8 Å². The van der Waals surface area contributed by atoms with E-state index >= 15 is 0 Å².